The van der Waals surface area contributed by atoms with Crippen molar-refractivity contribution >= 4 is 23.5 Å². The molecule has 2 aromatic carbocycles. The number of aromatic nitrogens is 3. The zero-order chi connectivity index (χ0) is 24.4. The summed E-state index contributed by atoms with van der Waals surface area (Å²) >= 11 is 6.20. The summed E-state index contributed by atoms with van der Waals surface area (Å²) in [5.74, 6) is 0.908. The van der Waals surface area contributed by atoms with Gasteiger partial charge < -0.3 is 4.74 Å². The molecule has 174 valence electrons. The van der Waals surface area contributed by atoms with Crippen molar-refractivity contribution in [3.63, 3.8) is 0 Å². The van der Waals surface area contributed by atoms with Gasteiger partial charge in [0.15, 0.2) is 5.82 Å². The van der Waals surface area contributed by atoms with E-state index in [4.69, 9.17) is 16.3 Å². The van der Waals surface area contributed by atoms with E-state index in [9.17, 15) is 10.1 Å². The normalized spacial score (nSPS) is 13.6. The number of amides is 1. The predicted molar refractivity (Wildman–Crippen MR) is 133 cm³/mol. The van der Waals surface area contributed by atoms with Crippen molar-refractivity contribution in [2.45, 2.75) is 31.8 Å². The van der Waals surface area contributed by atoms with Crippen LogP contribution < -0.4 is 5.32 Å². The average molecular weight is 484 g/mol. The first-order valence-electron chi connectivity index (χ1n) is 11.3. The summed E-state index contributed by atoms with van der Waals surface area (Å²) in [7, 11) is 0. The van der Waals surface area contributed by atoms with Crippen LogP contribution >= 0.6 is 11.6 Å². The highest BCUT2D eigenvalue weighted by Gasteiger charge is 2.23. The van der Waals surface area contributed by atoms with Crippen LogP contribution in [0.3, 0.4) is 0 Å². The van der Waals surface area contributed by atoms with Gasteiger partial charge in [0.2, 0.25) is 0 Å². The molecule has 1 fully saturated rings. The minimum absolute atomic E-state index is 0.201. The average Bonchev–Trinajstić information content (AvgIpc) is 3.65. The second kappa shape index (κ2) is 9.61. The first kappa shape index (κ1) is 22.6. The van der Waals surface area contributed by atoms with Gasteiger partial charge in [-0.1, -0.05) is 54.1 Å². The number of carbonyl (C=O) groups is 1. The number of rotatable bonds is 6. The number of nitriles is 1. The molecule has 1 atom stereocenters. The molecule has 0 saturated heterocycles. The number of carbonyl (C=O) groups excluding carboxylic acids is 1. The van der Waals surface area contributed by atoms with Gasteiger partial charge in [-0.05, 0) is 49.4 Å². The third-order valence-corrected chi connectivity index (χ3v) is 6.33. The Morgan fingerprint density at radius 3 is 2.57 bits per heavy atom. The summed E-state index contributed by atoms with van der Waals surface area (Å²) in [5.41, 5.74) is 4.70. The first-order chi connectivity index (χ1) is 17.0. The molecule has 1 aliphatic carbocycles. The molecular weight excluding hydrogens is 462 g/mol. The molecule has 1 amide bonds. The summed E-state index contributed by atoms with van der Waals surface area (Å²) < 4.78 is 6.94. The molecule has 4 aromatic rings. The van der Waals surface area contributed by atoms with Crippen LogP contribution in [0.25, 0.3) is 16.9 Å². The molecule has 8 heteroatoms. The summed E-state index contributed by atoms with van der Waals surface area (Å²) in [6, 6.07) is 21.4. The van der Waals surface area contributed by atoms with Gasteiger partial charge in [-0.15, -0.1) is 0 Å². The van der Waals surface area contributed by atoms with E-state index < -0.39 is 12.2 Å². The molecule has 1 aliphatic rings. The van der Waals surface area contributed by atoms with Gasteiger partial charge in [-0.25, -0.2) is 9.48 Å². The van der Waals surface area contributed by atoms with Gasteiger partial charge >= 0.3 is 6.09 Å². The standard InChI is InChI=1S/C27H22ClN5O2/c1-17(23-4-2-3-5-24(23)28)35-27(34)32-26-21(14-29)15-31-33(26)22-12-13-25(30-16-22)20-10-8-19(9-11-20)18-6-7-18/h2-5,8-13,15-18H,6-7H2,1H3,(H,32,34). The Kier molecular flexibility index (Phi) is 6.21. The molecule has 0 spiro atoms. The second-order valence-electron chi connectivity index (χ2n) is 8.42. The van der Waals surface area contributed by atoms with Crippen molar-refractivity contribution in [3.8, 4) is 23.0 Å². The Labute approximate surface area is 207 Å². The Morgan fingerprint density at radius 2 is 1.91 bits per heavy atom. The number of benzene rings is 2. The van der Waals surface area contributed by atoms with Crippen molar-refractivity contribution in [1.29, 1.82) is 5.26 Å². The molecule has 0 aliphatic heterocycles. The van der Waals surface area contributed by atoms with Crippen LogP contribution in [-0.4, -0.2) is 20.9 Å². The molecule has 2 heterocycles. The maximum atomic E-state index is 12.6. The summed E-state index contributed by atoms with van der Waals surface area (Å²) in [5, 5.41) is 16.9. The SMILES string of the molecule is CC(OC(=O)Nc1c(C#N)cnn1-c1ccc(-c2ccc(C3CC3)cc2)nc1)c1ccccc1Cl. The molecule has 1 N–H and O–H groups in total. The van der Waals surface area contributed by atoms with E-state index >= 15 is 0 Å². The largest absolute Gasteiger partial charge is 0.441 e. The van der Waals surface area contributed by atoms with Crippen LogP contribution in [0.5, 0.6) is 0 Å². The molecule has 1 saturated carbocycles. The van der Waals surface area contributed by atoms with E-state index in [1.54, 1.807) is 31.3 Å². The number of nitrogens with one attached hydrogen (secondary N) is 1. The molecule has 2 aromatic heterocycles. The summed E-state index contributed by atoms with van der Waals surface area (Å²) in [4.78, 5) is 17.2. The molecule has 7 nitrogen and oxygen atoms in total. The number of ether oxygens (including phenoxy) is 1. The monoisotopic (exact) mass is 483 g/mol. The van der Waals surface area contributed by atoms with Crippen molar-refractivity contribution in [2.75, 3.05) is 5.32 Å². The van der Waals surface area contributed by atoms with E-state index in [0.29, 0.717) is 22.2 Å². The number of hydrogen-bond donors (Lipinski definition) is 1. The van der Waals surface area contributed by atoms with Gasteiger partial charge in [0.05, 0.1) is 23.8 Å². The Morgan fingerprint density at radius 1 is 1.14 bits per heavy atom. The summed E-state index contributed by atoms with van der Waals surface area (Å²) in [6.45, 7) is 1.73. The molecule has 35 heavy (non-hydrogen) atoms. The number of halogens is 1. The highest BCUT2D eigenvalue weighted by atomic mass is 35.5. The van der Waals surface area contributed by atoms with Gasteiger partial charge in [0, 0.05) is 16.1 Å². The van der Waals surface area contributed by atoms with Crippen LogP contribution in [-0.2, 0) is 4.74 Å². The minimum atomic E-state index is -0.726. The number of pyridine rings is 1. The lowest BCUT2D eigenvalue weighted by Gasteiger charge is -2.16. The van der Waals surface area contributed by atoms with Gasteiger partial charge in [-0.3, -0.25) is 10.3 Å². The maximum absolute atomic E-state index is 12.6. The van der Waals surface area contributed by atoms with E-state index in [1.807, 2.05) is 24.3 Å². The molecule has 0 radical (unpaired) electrons. The van der Waals surface area contributed by atoms with Crippen molar-refractivity contribution in [2.24, 2.45) is 0 Å². The Hall–Kier alpha value is -4.15. The van der Waals surface area contributed by atoms with Gasteiger partial charge in [-0.2, -0.15) is 10.4 Å². The quantitative estimate of drug-likeness (QED) is 0.331. The Bertz CT molecular complexity index is 1400. The minimum Gasteiger partial charge on any atom is -0.441 e. The lowest BCUT2D eigenvalue weighted by atomic mass is 10.1. The number of hydrogen-bond acceptors (Lipinski definition) is 5. The van der Waals surface area contributed by atoms with Crippen LogP contribution in [0.15, 0.2) is 73.1 Å². The predicted octanol–water partition coefficient (Wildman–Crippen LogP) is 6.65. The summed E-state index contributed by atoms with van der Waals surface area (Å²) in [6.07, 6.45) is 4.26. The van der Waals surface area contributed by atoms with Crippen LogP contribution in [0.2, 0.25) is 5.02 Å². The van der Waals surface area contributed by atoms with Crippen LogP contribution in [0, 0.1) is 11.3 Å². The second-order valence-corrected chi connectivity index (χ2v) is 8.83. The van der Waals surface area contributed by atoms with Crippen molar-refractivity contribution < 1.29 is 9.53 Å². The Balaban J connectivity index is 1.33. The van der Waals surface area contributed by atoms with E-state index in [0.717, 1.165) is 11.3 Å². The highest BCUT2D eigenvalue weighted by Crippen LogP contribution is 2.40. The van der Waals surface area contributed by atoms with Crippen LogP contribution in [0.4, 0.5) is 10.6 Å². The topological polar surface area (TPSA) is 92.8 Å². The van der Waals surface area contributed by atoms with Crippen molar-refractivity contribution in [3.05, 3.63) is 94.8 Å². The third kappa shape index (κ3) is 4.88. The van der Waals surface area contributed by atoms with E-state index in [-0.39, 0.29) is 11.4 Å². The smallest absolute Gasteiger partial charge is 0.413 e. The molecular formula is C27H22ClN5O2. The van der Waals surface area contributed by atoms with Crippen molar-refractivity contribution in [1.82, 2.24) is 14.8 Å². The number of anilines is 1. The fourth-order valence-electron chi connectivity index (χ4n) is 3.93. The van der Waals surface area contributed by atoms with E-state index in [2.05, 4.69) is 39.7 Å². The molecule has 0 bridgehead atoms. The highest BCUT2D eigenvalue weighted by molar-refractivity contribution is 6.31. The first-order valence-corrected chi connectivity index (χ1v) is 11.7. The zero-order valence-corrected chi connectivity index (χ0v) is 19.7. The number of nitrogens with zero attached hydrogens (tertiary/aromatic N) is 4. The lowest BCUT2D eigenvalue weighted by molar-refractivity contribution is 0.121. The molecule has 1 unspecified atom stereocenters. The third-order valence-electron chi connectivity index (χ3n) is 5.98. The van der Waals surface area contributed by atoms with Gasteiger partial charge in [0.25, 0.3) is 0 Å². The fourth-order valence-corrected chi connectivity index (χ4v) is 4.22. The fraction of sp³-hybridized carbons (Fsp3) is 0.185. The lowest BCUT2D eigenvalue weighted by Crippen LogP contribution is -2.19. The van der Waals surface area contributed by atoms with E-state index in [1.165, 1.54) is 29.3 Å². The van der Waals surface area contributed by atoms with Crippen LogP contribution in [0.1, 0.15) is 48.5 Å². The van der Waals surface area contributed by atoms with Gasteiger partial charge in [0.1, 0.15) is 17.7 Å². The maximum Gasteiger partial charge on any atom is 0.413 e. The molecule has 5 rings (SSSR count). The zero-order valence-electron chi connectivity index (χ0n) is 19.0.